The maximum Gasteiger partial charge on any atom is 0.331 e. The molecule has 7 nitrogen and oxygen atoms in total. The normalized spacial score (nSPS) is 22.8. The van der Waals surface area contributed by atoms with Crippen LogP contribution in [0.3, 0.4) is 0 Å². The van der Waals surface area contributed by atoms with Crippen molar-refractivity contribution in [1.82, 2.24) is 10.6 Å². The van der Waals surface area contributed by atoms with Crippen LogP contribution < -0.4 is 10.6 Å². The van der Waals surface area contributed by atoms with Gasteiger partial charge < -0.3 is 25.2 Å². The van der Waals surface area contributed by atoms with E-state index in [0.717, 1.165) is 25.0 Å². The Hall–Kier alpha value is -2.26. The number of halogens is 2. The summed E-state index contributed by atoms with van der Waals surface area (Å²) in [7, 11) is 0. The Balaban J connectivity index is 1.63. The van der Waals surface area contributed by atoms with Crippen molar-refractivity contribution < 1.29 is 33.0 Å². The molecule has 2 aliphatic rings. The zero-order valence-electron chi connectivity index (χ0n) is 14.7. The molecule has 3 N–H and O–H groups in total. The fourth-order valence-electron chi connectivity index (χ4n) is 3.61. The number of carbonyl (C=O) groups is 2. The van der Waals surface area contributed by atoms with Gasteiger partial charge in [0.05, 0.1) is 5.60 Å². The van der Waals surface area contributed by atoms with Crippen molar-refractivity contribution in [3.8, 4) is 0 Å². The molecule has 2 amide bonds. The second-order valence-corrected chi connectivity index (χ2v) is 6.89. The Bertz CT molecular complexity index is 703. The second-order valence-electron chi connectivity index (χ2n) is 6.89. The molecule has 0 bridgehead atoms. The molecule has 0 aliphatic carbocycles. The number of aliphatic carboxylic acids is 1. The van der Waals surface area contributed by atoms with Gasteiger partial charge in [-0.3, -0.25) is 0 Å². The van der Waals surface area contributed by atoms with E-state index in [1.165, 1.54) is 0 Å². The molecule has 2 atom stereocenters. The third-order valence-corrected chi connectivity index (χ3v) is 5.03. The van der Waals surface area contributed by atoms with Crippen LogP contribution in [0.4, 0.5) is 13.6 Å². The monoisotopic (exact) mass is 384 g/mol. The van der Waals surface area contributed by atoms with Crippen molar-refractivity contribution in [2.24, 2.45) is 0 Å². The van der Waals surface area contributed by atoms with E-state index in [1.54, 1.807) is 0 Å². The molecule has 1 spiro atoms. The number of carboxylic acids is 1. The highest BCUT2D eigenvalue weighted by Crippen LogP contribution is 2.34. The Kier molecular flexibility index (Phi) is 5.91. The molecule has 27 heavy (non-hydrogen) atoms. The van der Waals surface area contributed by atoms with E-state index in [2.05, 4.69) is 10.6 Å². The SMILES string of the molecule is O=C(NC1CCOC2(CCOCC2)C1)NC(C(=O)O)c1ccc(F)cc1F. The first kappa shape index (κ1) is 19.5. The van der Waals surface area contributed by atoms with Gasteiger partial charge in [-0.1, -0.05) is 6.07 Å². The summed E-state index contributed by atoms with van der Waals surface area (Å²) in [5.74, 6) is -3.30. The number of amides is 2. The van der Waals surface area contributed by atoms with E-state index >= 15 is 0 Å². The zero-order valence-corrected chi connectivity index (χ0v) is 14.7. The molecule has 0 aromatic heterocycles. The van der Waals surface area contributed by atoms with Crippen molar-refractivity contribution in [1.29, 1.82) is 0 Å². The summed E-state index contributed by atoms with van der Waals surface area (Å²) in [6.45, 7) is 1.69. The number of nitrogens with one attached hydrogen (secondary N) is 2. The number of hydrogen-bond acceptors (Lipinski definition) is 4. The molecule has 2 fully saturated rings. The summed E-state index contributed by atoms with van der Waals surface area (Å²) in [5.41, 5.74) is -0.643. The first-order chi connectivity index (χ1) is 12.9. The van der Waals surface area contributed by atoms with E-state index in [0.29, 0.717) is 38.7 Å². The Morgan fingerprint density at radius 2 is 1.96 bits per heavy atom. The zero-order chi connectivity index (χ0) is 19.4. The minimum absolute atomic E-state index is 0.190. The summed E-state index contributed by atoms with van der Waals surface area (Å²) in [4.78, 5) is 23.8. The van der Waals surface area contributed by atoms with Crippen LogP contribution >= 0.6 is 0 Å². The third kappa shape index (κ3) is 4.72. The van der Waals surface area contributed by atoms with Gasteiger partial charge in [-0.15, -0.1) is 0 Å². The van der Waals surface area contributed by atoms with Gasteiger partial charge in [-0.2, -0.15) is 0 Å². The van der Waals surface area contributed by atoms with Crippen molar-refractivity contribution in [2.45, 2.75) is 43.4 Å². The maximum absolute atomic E-state index is 13.9. The van der Waals surface area contributed by atoms with Gasteiger partial charge in [0.2, 0.25) is 0 Å². The molecule has 0 saturated carbocycles. The summed E-state index contributed by atoms with van der Waals surface area (Å²) in [5, 5.41) is 14.3. The predicted molar refractivity (Wildman–Crippen MR) is 90.2 cm³/mol. The lowest BCUT2D eigenvalue weighted by Crippen LogP contribution is -2.53. The van der Waals surface area contributed by atoms with Crippen molar-refractivity contribution in [2.75, 3.05) is 19.8 Å². The minimum atomic E-state index is -1.62. The van der Waals surface area contributed by atoms with Gasteiger partial charge in [-0.25, -0.2) is 18.4 Å². The summed E-state index contributed by atoms with van der Waals surface area (Å²) in [6.07, 6.45) is 2.68. The first-order valence-corrected chi connectivity index (χ1v) is 8.85. The molecule has 0 radical (unpaired) electrons. The van der Waals surface area contributed by atoms with Crippen LogP contribution in [0.1, 0.15) is 37.3 Å². The Labute approximate surface area is 155 Å². The van der Waals surface area contributed by atoms with Crippen LogP contribution in [0.25, 0.3) is 0 Å². The van der Waals surface area contributed by atoms with E-state index in [9.17, 15) is 23.5 Å². The van der Waals surface area contributed by atoms with E-state index < -0.39 is 29.7 Å². The van der Waals surface area contributed by atoms with Gasteiger partial charge in [0.1, 0.15) is 11.6 Å². The Morgan fingerprint density at radius 3 is 2.63 bits per heavy atom. The lowest BCUT2D eigenvalue weighted by Gasteiger charge is -2.43. The van der Waals surface area contributed by atoms with E-state index in [4.69, 9.17) is 9.47 Å². The van der Waals surface area contributed by atoms with E-state index in [-0.39, 0.29) is 17.2 Å². The van der Waals surface area contributed by atoms with Crippen LogP contribution in [0.15, 0.2) is 18.2 Å². The topological polar surface area (TPSA) is 96.9 Å². The molecule has 148 valence electrons. The fourth-order valence-corrected chi connectivity index (χ4v) is 3.61. The van der Waals surface area contributed by atoms with Crippen molar-refractivity contribution in [3.63, 3.8) is 0 Å². The van der Waals surface area contributed by atoms with Gasteiger partial charge in [0, 0.05) is 37.5 Å². The van der Waals surface area contributed by atoms with Crippen LogP contribution in [-0.2, 0) is 14.3 Å². The smallest absolute Gasteiger partial charge is 0.331 e. The average Bonchev–Trinajstić information content (AvgIpc) is 2.61. The molecule has 9 heteroatoms. The van der Waals surface area contributed by atoms with Gasteiger partial charge >= 0.3 is 12.0 Å². The van der Waals surface area contributed by atoms with Crippen LogP contribution in [0.5, 0.6) is 0 Å². The predicted octanol–water partition coefficient (Wildman–Crippen LogP) is 2.12. The largest absolute Gasteiger partial charge is 0.479 e. The molecule has 1 aromatic rings. The number of hydrogen-bond donors (Lipinski definition) is 3. The molecule has 3 rings (SSSR count). The standard InChI is InChI=1S/C18H22F2N2O5/c19-11-1-2-13(14(20)9-11)15(16(23)24)22-17(25)21-12-3-6-27-18(10-12)4-7-26-8-5-18/h1-2,9,12,15H,3-8,10H2,(H,23,24)(H2,21,22,25). The molecule has 2 unspecified atom stereocenters. The van der Waals surface area contributed by atoms with Gasteiger partial charge in [0.25, 0.3) is 0 Å². The third-order valence-electron chi connectivity index (χ3n) is 5.03. The number of ether oxygens (including phenoxy) is 2. The molecule has 2 saturated heterocycles. The minimum Gasteiger partial charge on any atom is -0.479 e. The fraction of sp³-hybridized carbons (Fsp3) is 0.556. The molecule has 2 aliphatic heterocycles. The van der Waals surface area contributed by atoms with Crippen LogP contribution in [-0.4, -0.2) is 48.6 Å². The Morgan fingerprint density at radius 1 is 1.22 bits per heavy atom. The lowest BCUT2D eigenvalue weighted by molar-refractivity contribution is -0.140. The highest BCUT2D eigenvalue weighted by molar-refractivity contribution is 5.83. The van der Waals surface area contributed by atoms with Gasteiger partial charge in [-0.05, 0) is 31.7 Å². The summed E-state index contributed by atoms with van der Waals surface area (Å²) in [6, 6.07) is 0.00135. The number of carbonyl (C=O) groups excluding carboxylic acids is 1. The molecular weight excluding hydrogens is 362 g/mol. The lowest BCUT2D eigenvalue weighted by atomic mass is 9.84. The van der Waals surface area contributed by atoms with Crippen LogP contribution in [0, 0.1) is 11.6 Å². The van der Waals surface area contributed by atoms with Crippen molar-refractivity contribution >= 4 is 12.0 Å². The highest BCUT2D eigenvalue weighted by Gasteiger charge is 2.39. The average molecular weight is 384 g/mol. The van der Waals surface area contributed by atoms with E-state index in [1.807, 2.05) is 0 Å². The number of urea groups is 1. The summed E-state index contributed by atoms with van der Waals surface area (Å²) >= 11 is 0. The molecular formula is C18H22F2N2O5. The second kappa shape index (κ2) is 8.18. The first-order valence-electron chi connectivity index (χ1n) is 8.85. The molecule has 1 aromatic carbocycles. The van der Waals surface area contributed by atoms with Crippen LogP contribution in [0.2, 0.25) is 0 Å². The quantitative estimate of drug-likeness (QED) is 0.739. The maximum atomic E-state index is 13.9. The number of carboxylic acid groups (broad SMARTS) is 1. The van der Waals surface area contributed by atoms with Crippen molar-refractivity contribution in [3.05, 3.63) is 35.4 Å². The highest BCUT2D eigenvalue weighted by atomic mass is 19.1. The number of rotatable bonds is 4. The van der Waals surface area contributed by atoms with Gasteiger partial charge in [0.15, 0.2) is 6.04 Å². The summed E-state index contributed by atoms with van der Waals surface area (Å²) < 4.78 is 38.2. The molecule has 2 heterocycles. The number of benzene rings is 1.